The maximum Gasteiger partial charge on any atom is 0.416 e. The lowest BCUT2D eigenvalue weighted by Crippen LogP contribution is -2.13. The highest BCUT2D eigenvalue weighted by Crippen LogP contribution is 2.30. The summed E-state index contributed by atoms with van der Waals surface area (Å²) in [5, 5.41) is 13.2. The van der Waals surface area contributed by atoms with E-state index in [2.05, 4.69) is 20.8 Å². The van der Waals surface area contributed by atoms with E-state index in [1.165, 1.54) is 12.1 Å². The molecule has 0 aliphatic heterocycles. The number of aromatic nitrogens is 2. The first-order valence-corrected chi connectivity index (χ1v) is 6.78. The van der Waals surface area contributed by atoms with Crippen molar-refractivity contribution in [2.45, 2.75) is 13.1 Å². The van der Waals surface area contributed by atoms with Crippen LogP contribution in [0.5, 0.6) is 0 Å². The van der Waals surface area contributed by atoms with Gasteiger partial charge in [0.05, 0.1) is 5.56 Å². The van der Waals surface area contributed by atoms with Gasteiger partial charge in [-0.1, -0.05) is 17.4 Å². The Hall–Kier alpha value is -2.16. The Morgan fingerprint density at radius 3 is 2.76 bits per heavy atom. The van der Waals surface area contributed by atoms with Gasteiger partial charge in [0, 0.05) is 12.2 Å². The average Bonchev–Trinajstić information content (AvgIpc) is 2.87. The first-order chi connectivity index (χ1) is 9.90. The number of amides is 1. The first kappa shape index (κ1) is 15.2. The molecule has 0 atom stereocenters. The molecule has 0 bridgehead atoms. The third-order valence-electron chi connectivity index (χ3n) is 2.40. The summed E-state index contributed by atoms with van der Waals surface area (Å²) in [6.07, 6.45) is -4.46. The molecule has 0 aliphatic rings. The van der Waals surface area contributed by atoms with Crippen LogP contribution < -0.4 is 10.6 Å². The maximum atomic E-state index is 12.6. The molecular weight excluding hydrogens is 305 g/mol. The van der Waals surface area contributed by atoms with Crippen molar-refractivity contribution in [1.29, 1.82) is 0 Å². The summed E-state index contributed by atoms with van der Waals surface area (Å²) in [6, 6.07) is 4.40. The van der Waals surface area contributed by atoms with Crippen molar-refractivity contribution in [3.63, 3.8) is 0 Å². The topological polar surface area (TPSA) is 66.9 Å². The van der Waals surface area contributed by atoms with E-state index in [-0.39, 0.29) is 10.7 Å². The van der Waals surface area contributed by atoms with E-state index in [1.807, 2.05) is 6.92 Å². The fraction of sp³-hybridized carbons (Fsp3) is 0.250. The molecule has 0 aliphatic carbocycles. The van der Waals surface area contributed by atoms with Crippen LogP contribution in [0.1, 0.15) is 22.3 Å². The minimum absolute atomic E-state index is 0.0509. The number of benzene rings is 1. The summed E-state index contributed by atoms with van der Waals surface area (Å²) < 4.78 is 37.7. The molecule has 1 aromatic heterocycles. The van der Waals surface area contributed by atoms with Crippen LogP contribution in [-0.4, -0.2) is 22.6 Å². The maximum absolute atomic E-state index is 12.6. The van der Waals surface area contributed by atoms with Gasteiger partial charge in [-0.05, 0) is 25.1 Å². The van der Waals surface area contributed by atoms with Crippen LogP contribution in [0, 0.1) is 0 Å². The normalized spacial score (nSPS) is 11.2. The molecule has 2 aromatic rings. The predicted octanol–water partition coefficient (Wildman–Crippen LogP) is 3.24. The average molecular weight is 316 g/mol. The molecule has 0 spiro atoms. The number of nitrogens with one attached hydrogen (secondary N) is 2. The standard InChI is InChI=1S/C12H11F3N4OS/c1-2-16-11-19-18-10(21-11)9(20)17-8-5-3-4-7(6-8)12(13,14)15/h3-6H,2H2,1H3,(H,16,19)(H,17,20). The first-order valence-electron chi connectivity index (χ1n) is 5.96. The fourth-order valence-corrected chi connectivity index (χ4v) is 2.20. The SMILES string of the molecule is CCNc1nnc(C(=O)Nc2cccc(C(F)(F)F)c2)s1. The molecule has 1 amide bonds. The second-order valence-electron chi connectivity index (χ2n) is 3.98. The van der Waals surface area contributed by atoms with Gasteiger partial charge in [-0.3, -0.25) is 4.79 Å². The van der Waals surface area contributed by atoms with Gasteiger partial charge in [0.15, 0.2) is 0 Å². The molecular formula is C12H11F3N4OS. The molecule has 0 saturated heterocycles. The second kappa shape index (κ2) is 6.08. The third-order valence-corrected chi connectivity index (χ3v) is 3.27. The van der Waals surface area contributed by atoms with Crippen molar-refractivity contribution in [3.8, 4) is 0 Å². The largest absolute Gasteiger partial charge is 0.416 e. The zero-order valence-corrected chi connectivity index (χ0v) is 11.7. The summed E-state index contributed by atoms with van der Waals surface area (Å²) in [5.41, 5.74) is -0.777. The van der Waals surface area contributed by atoms with E-state index in [4.69, 9.17) is 0 Å². The third kappa shape index (κ3) is 3.91. The quantitative estimate of drug-likeness (QED) is 0.909. The summed E-state index contributed by atoms with van der Waals surface area (Å²) >= 11 is 1.03. The van der Waals surface area contributed by atoms with Crippen LogP contribution in [0.2, 0.25) is 0 Å². The highest BCUT2D eigenvalue weighted by Gasteiger charge is 2.30. The lowest BCUT2D eigenvalue weighted by atomic mass is 10.2. The second-order valence-corrected chi connectivity index (χ2v) is 4.95. The number of carbonyl (C=O) groups is 1. The van der Waals surface area contributed by atoms with Gasteiger partial charge in [0.2, 0.25) is 10.1 Å². The van der Waals surface area contributed by atoms with Gasteiger partial charge < -0.3 is 10.6 Å². The van der Waals surface area contributed by atoms with Crippen LogP contribution in [0.15, 0.2) is 24.3 Å². The van der Waals surface area contributed by atoms with Crippen LogP contribution in [0.4, 0.5) is 24.0 Å². The number of carbonyl (C=O) groups excluding carboxylic acids is 1. The number of anilines is 2. The van der Waals surface area contributed by atoms with E-state index in [0.717, 1.165) is 23.5 Å². The van der Waals surface area contributed by atoms with E-state index < -0.39 is 17.6 Å². The van der Waals surface area contributed by atoms with Crippen LogP contribution in [-0.2, 0) is 6.18 Å². The molecule has 0 saturated carbocycles. The van der Waals surface area contributed by atoms with Crippen LogP contribution in [0.25, 0.3) is 0 Å². The smallest absolute Gasteiger partial charge is 0.360 e. The lowest BCUT2D eigenvalue weighted by Gasteiger charge is -2.08. The van der Waals surface area contributed by atoms with E-state index in [0.29, 0.717) is 11.7 Å². The Morgan fingerprint density at radius 2 is 2.10 bits per heavy atom. The molecule has 2 rings (SSSR count). The minimum atomic E-state index is -4.46. The highest BCUT2D eigenvalue weighted by atomic mass is 32.1. The Morgan fingerprint density at radius 1 is 1.33 bits per heavy atom. The van der Waals surface area contributed by atoms with Gasteiger partial charge in [0.25, 0.3) is 5.91 Å². The summed E-state index contributed by atoms with van der Waals surface area (Å²) in [5.74, 6) is -0.601. The molecule has 1 aromatic carbocycles. The molecule has 0 unspecified atom stereocenters. The molecule has 2 N–H and O–H groups in total. The highest BCUT2D eigenvalue weighted by molar-refractivity contribution is 7.17. The molecule has 0 radical (unpaired) electrons. The Bertz CT molecular complexity index is 641. The molecule has 9 heteroatoms. The number of hydrogen-bond donors (Lipinski definition) is 2. The number of alkyl halides is 3. The van der Waals surface area contributed by atoms with Crippen LogP contribution in [0.3, 0.4) is 0 Å². The predicted molar refractivity (Wildman–Crippen MR) is 73.5 cm³/mol. The van der Waals surface area contributed by atoms with Crippen LogP contribution >= 0.6 is 11.3 Å². The van der Waals surface area contributed by atoms with Crippen molar-refractivity contribution in [3.05, 3.63) is 34.8 Å². The van der Waals surface area contributed by atoms with Gasteiger partial charge in [-0.25, -0.2) is 0 Å². The number of rotatable bonds is 4. The Balaban J connectivity index is 2.12. The van der Waals surface area contributed by atoms with Crippen molar-refractivity contribution in [2.75, 3.05) is 17.2 Å². The minimum Gasteiger partial charge on any atom is -0.360 e. The number of nitrogens with zero attached hydrogens (tertiary/aromatic N) is 2. The number of halogens is 3. The van der Waals surface area contributed by atoms with Crippen molar-refractivity contribution in [1.82, 2.24) is 10.2 Å². The zero-order chi connectivity index (χ0) is 15.5. The van der Waals surface area contributed by atoms with Crippen molar-refractivity contribution < 1.29 is 18.0 Å². The Kier molecular flexibility index (Phi) is 4.41. The van der Waals surface area contributed by atoms with Gasteiger partial charge in [-0.15, -0.1) is 10.2 Å². The van der Waals surface area contributed by atoms with E-state index in [9.17, 15) is 18.0 Å². The van der Waals surface area contributed by atoms with Gasteiger partial charge in [-0.2, -0.15) is 13.2 Å². The zero-order valence-electron chi connectivity index (χ0n) is 10.9. The molecule has 5 nitrogen and oxygen atoms in total. The van der Waals surface area contributed by atoms with Crippen molar-refractivity contribution >= 4 is 28.1 Å². The number of hydrogen-bond acceptors (Lipinski definition) is 5. The van der Waals surface area contributed by atoms with E-state index in [1.54, 1.807) is 0 Å². The van der Waals surface area contributed by atoms with E-state index >= 15 is 0 Å². The lowest BCUT2D eigenvalue weighted by molar-refractivity contribution is -0.137. The molecule has 1 heterocycles. The fourth-order valence-electron chi connectivity index (χ4n) is 1.50. The van der Waals surface area contributed by atoms with Crippen molar-refractivity contribution in [2.24, 2.45) is 0 Å². The van der Waals surface area contributed by atoms with Gasteiger partial charge in [0.1, 0.15) is 0 Å². The van der Waals surface area contributed by atoms with Gasteiger partial charge >= 0.3 is 6.18 Å². The molecule has 21 heavy (non-hydrogen) atoms. The summed E-state index contributed by atoms with van der Waals surface area (Å²) in [4.78, 5) is 11.9. The molecule has 112 valence electrons. The molecule has 0 fully saturated rings. The monoisotopic (exact) mass is 316 g/mol. The Labute approximate surface area is 122 Å². The summed E-state index contributed by atoms with van der Waals surface area (Å²) in [7, 11) is 0. The summed E-state index contributed by atoms with van der Waals surface area (Å²) in [6.45, 7) is 2.49.